The standard InChI is InChI=1S/C16H27N3S/c1-13(2)16-17-14(12-20-16)10-19-9-5-6-15(19)11-18-7-3-4-8-18/h12-13,15H,3-11H2,1-2H3/t15-/m0/s1. The second-order valence-corrected chi connectivity index (χ2v) is 7.50. The minimum absolute atomic E-state index is 0.563. The highest BCUT2D eigenvalue weighted by molar-refractivity contribution is 7.09. The zero-order chi connectivity index (χ0) is 13.9. The van der Waals surface area contributed by atoms with Crippen LogP contribution in [0.2, 0.25) is 0 Å². The molecule has 1 aromatic rings. The number of rotatable bonds is 5. The maximum absolute atomic E-state index is 4.80. The molecule has 3 heterocycles. The van der Waals surface area contributed by atoms with E-state index in [9.17, 15) is 0 Å². The van der Waals surface area contributed by atoms with Crippen molar-refractivity contribution in [1.29, 1.82) is 0 Å². The topological polar surface area (TPSA) is 19.4 Å². The summed E-state index contributed by atoms with van der Waals surface area (Å²) in [6.45, 7) is 10.7. The average molecular weight is 293 g/mol. The van der Waals surface area contributed by atoms with Crippen LogP contribution in [0.1, 0.15) is 56.2 Å². The van der Waals surface area contributed by atoms with Crippen molar-refractivity contribution in [2.45, 2.75) is 58.0 Å². The van der Waals surface area contributed by atoms with Crippen molar-refractivity contribution in [3.05, 3.63) is 16.1 Å². The van der Waals surface area contributed by atoms with E-state index < -0.39 is 0 Å². The van der Waals surface area contributed by atoms with Gasteiger partial charge >= 0.3 is 0 Å². The van der Waals surface area contributed by atoms with Gasteiger partial charge in [-0.25, -0.2) is 4.98 Å². The Morgan fingerprint density at radius 3 is 2.75 bits per heavy atom. The summed E-state index contributed by atoms with van der Waals surface area (Å²) < 4.78 is 0. The highest BCUT2D eigenvalue weighted by Gasteiger charge is 2.27. The third-order valence-corrected chi connectivity index (χ3v) is 5.79. The van der Waals surface area contributed by atoms with Crippen LogP contribution in [-0.2, 0) is 6.54 Å². The quantitative estimate of drug-likeness (QED) is 0.830. The Morgan fingerprint density at radius 1 is 1.25 bits per heavy atom. The second-order valence-electron chi connectivity index (χ2n) is 6.61. The lowest BCUT2D eigenvalue weighted by Gasteiger charge is -2.27. The summed E-state index contributed by atoms with van der Waals surface area (Å²) in [5.41, 5.74) is 1.28. The molecular formula is C16H27N3S. The molecule has 2 aliphatic rings. The maximum atomic E-state index is 4.80. The monoisotopic (exact) mass is 293 g/mol. The van der Waals surface area contributed by atoms with E-state index in [1.807, 2.05) is 11.3 Å². The van der Waals surface area contributed by atoms with Crippen molar-refractivity contribution in [3.63, 3.8) is 0 Å². The molecule has 3 nitrogen and oxygen atoms in total. The van der Waals surface area contributed by atoms with Gasteiger partial charge in [-0.05, 0) is 45.3 Å². The van der Waals surface area contributed by atoms with Crippen molar-refractivity contribution in [1.82, 2.24) is 14.8 Å². The average Bonchev–Trinajstić information content (AvgIpc) is 3.13. The highest BCUT2D eigenvalue weighted by atomic mass is 32.1. The maximum Gasteiger partial charge on any atom is 0.0954 e. The van der Waals surface area contributed by atoms with Crippen molar-refractivity contribution in [2.75, 3.05) is 26.2 Å². The van der Waals surface area contributed by atoms with E-state index in [0.717, 1.165) is 12.6 Å². The molecule has 2 aliphatic heterocycles. The van der Waals surface area contributed by atoms with Gasteiger partial charge in [0.15, 0.2) is 0 Å². The van der Waals surface area contributed by atoms with E-state index in [4.69, 9.17) is 4.98 Å². The first-order valence-corrected chi connectivity index (χ1v) is 9.01. The lowest BCUT2D eigenvalue weighted by atomic mass is 10.2. The molecule has 2 saturated heterocycles. The predicted octanol–water partition coefficient (Wildman–Crippen LogP) is 3.33. The fourth-order valence-electron chi connectivity index (χ4n) is 3.44. The summed E-state index contributed by atoms with van der Waals surface area (Å²) >= 11 is 1.83. The Balaban J connectivity index is 1.57. The second kappa shape index (κ2) is 6.54. The lowest BCUT2D eigenvalue weighted by molar-refractivity contribution is 0.184. The van der Waals surface area contributed by atoms with E-state index in [2.05, 4.69) is 29.0 Å². The number of nitrogens with zero attached hydrogens (tertiary/aromatic N) is 3. The Kier molecular flexibility index (Phi) is 4.74. The van der Waals surface area contributed by atoms with E-state index >= 15 is 0 Å². The lowest BCUT2D eigenvalue weighted by Crippen LogP contribution is -2.38. The molecule has 0 saturated carbocycles. The van der Waals surface area contributed by atoms with Crippen molar-refractivity contribution in [2.24, 2.45) is 0 Å². The SMILES string of the molecule is CC(C)c1nc(CN2CCC[C@H]2CN2CCCC2)cs1. The van der Waals surface area contributed by atoms with Gasteiger partial charge in [-0.2, -0.15) is 0 Å². The number of aromatic nitrogens is 1. The predicted molar refractivity (Wildman–Crippen MR) is 85.3 cm³/mol. The fourth-order valence-corrected chi connectivity index (χ4v) is 4.27. The summed E-state index contributed by atoms with van der Waals surface area (Å²) in [4.78, 5) is 10.1. The molecular weight excluding hydrogens is 266 g/mol. The molecule has 1 aromatic heterocycles. The Labute approximate surface area is 127 Å². The number of thiazole rings is 1. The third-order valence-electron chi connectivity index (χ3n) is 4.60. The van der Waals surface area contributed by atoms with Crippen LogP contribution in [0.15, 0.2) is 5.38 Å². The van der Waals surface area contributed by atoms with Crippen LogP contribution < -0.4 is 0 Å². The minimum atomic E-state index is 0.563. The molecule has 4 heteroatoms. The number of likely N-dealkylation sites (tertiary alicyclic amines) is 2. The Hall–Kier alpha value is -0.450. The molecule has 0 aliphatic carbocycles. The van der Waals surface area contributed by atoms with E-state index in [-0.39, 0.29) is 0 Å². The van der Waals surface area contributed by atoms with Crippen LogP contribution in [0.5, 0.6) is 0 Å². The summed E-state index contributed by atoms with van der Waals surface area (Å²) in [5.74, 6) is 0.563. The first-order chi connectivity index (χ1) is 9.72. The smallest absolute Gasteiger partial charge is 0.0954 e. The van der Waals surface area contributed by atoms with Crippen LogP contribution >= 0.6 is 11.3 Å². The normalized spacial score (nSPS) is 25.1. The number of hydrogen-bond donors (Lipinski definition) is 0. The molecule has 0 N–H and O–H groups in total. The van der Waals surface area contributed by atoms with Gasteiger partial charge in [0.1, 0.15) is 0 Å². The van der Waals surface area contributed by atoms with Crippen molar-refractivity contribution < 1.29 is 0 Å². The van der Waals surface area contributed by atoms with Gasteiger partial charge in [-0.1, -0.05) is 13.8 Å². The van der Waals surface area contributed by atoms with Gasteiger partial charge < -0.3 is 4.90 Å². The molecule has 0 aromatic carbocycles. The summed E-state index contributed by atoms with van der Waals surface area (Å²) in [6.07, 6.45) is 5.53. The van der Waals surface area contributed by atoms with Crippen LogP contribution in [0.4, 0.5) is 0 Å². The van der Waals surface area contributed by atoms with Gasteiger partial charge in [-0.3, -0.25) is 4.90 Å². The minimum Gasteiger partial charge on any atom is -0.302 e. The Morgan fingerprint density at radius 2 is 2.05 bits per heavy atom. The van der Waals surface area contributed by atoms with E-state index in [1.54, 1.807) is 0 Å². The first kappa shape index (κ1) is 14.5. The molecule has 0 spiro atoms. The molecule has 1 atom stereocenters. The summed E-state index contributed by atoms with van der Waals surface area (Å²) in [5, 5.41) is 3.55. The van der Waals surface area contributed by atoms with Crippen molar-refractivity contribution >= 4 is 11.3 Å². The largest absolute Gasteiger partial charge is 0.302 e. The van der Waals surface area contributed by atoms with Crippen LogP contribution in [-0.4, -0.2) is 47.0 Å². The molecule has 20 heavy (non-hydrogen) atoms. The van der Waals surface area contributed by atoms with Gasteiger partial charge in [0.05, 0.1) is 10.7 Å². The molecule has 0 bridgehead atoms. The van der Waals surface area contributed by atoms with Gasteiger partial charge in [0.25, 0.3) is 0 Å². The fraction of sp³-hybridized carbons (Fsp3) is 0.812. The zero-order valence-electron chi connectivity index (χ0n) is 12.8. The third kappa shape index (κ3) is 3.41. The highest BCUT2D eigenvalue weighted by Crippen LogP contribution is 2.25. The van der Waals surface area contributed by atoms with Gasteiger partial charge in [-0.15, -0.1) is 11.3 Å². The molecule has 3 rings (SSSR count). The Bertz CT molecular complexity index is 423. The van der Waals surface area contributed by atoms with E-state index in [1.165, 1.54) is 62.6 Å². The van der Waals surface area contributed by atoms with Gasteiger partial charge in [0.2, 0.25) is 0 Å². The van der Waals surface area contributed by atoms with Gasteiger partial charge in [0, 0.05) is 30.4 Å². The van der Waals surface area contributed by atoms with Crippen LogP contribution in [0.25, 0.3) is 0 Å². The molecule has 0 radical (unpaired) electrons. The number of hydrogen-bond acceptors (Lipinski definition) is 4. The van der Waals surface area contributed by atoms with E-state index in [0.29, 0.717) is 5.92 Å². The zero-order valence-corrected chi connectivity index (χ0v) is 13.7. The molecule has 0 unspecified atom stereocenters. The molecule has 0 amide bonds. The molecule has 2 fully saturated rings. The summed E-state index contributed by atoms with van der Waals surface area (Å²) in [6, 6.07) is 0.761. The first-order valence-electron chi connectivity index (χ1n) is 8.13. The van der Waals surface area contributed by atoms with Crippen molar-refractivity contribution in [3.8, 4) is 0 Å². The van der Waals surface area contributed by atoms with Crippen LogP contribution in [0.3, 0.4) is 0 Å². The summed E-state index contributed by atoms with van der Waals surface area (Å²) in [7, 11) is 0. The van der Waals surface area contributed by atoms with Crippen LogP contribution in [0, 0.1) is 0 Å². The molecule has 112 valence electrons.